The smallest absolute Gasteiger partial charge is 0.462 e. The number of halogens is 3. The molecule has 0 amide bonds. The Morgan fingerprint density at radius 3 is 1.81 bits per heavy atom. The lowest BCUT2D eigenvalue weighted by molar-refractivity contribution is -0.346. The summed E-state index contributed by atoms with van der Waals surface area (Å²) in [6.07, 6.45) is 6.74. The molecule has 0 unspecified atom stereocenters. The molecule has 0 aliphatic heterocycles. The largest absolute Gasteiger partial charge is 0.522 e. The minimum absolute atomic E-state index is 0.0148. The minimum Gasteiger partial charge on any atom is -0.462 e. The van der Waals surface area contributed by atoms with Crippen LogP contribution in [0.25, 0.3) is 0 Å². The van der Waals surface area contributed by atoms with Crippen LogP contribution in [0.3, 0.4) is 0 Å². The second-order valence-corrected chi connectivity index (χ2v) is 8.41. The number of rotatable bonds is 4. The van der Waals surface area contributed by atoms with Crippen LogP contribution in [0.15, 0.2) is 0 Å². The molecule has 3 aliphatic rings. The molecule has 150 valence electrons. The Morgan fingerprint density at radius 1 is 0.692 bits per heavy atom. The van der Waals surface area contributed by atoms with Crippen molar-refractivity contribution in [2.24, 2.45) is 17.8 Å². The summed E-state index contributed by atoms with van der Waals surface area (Å²) in [5.74, 6) is 1.48. The van der Waals surface area contributed by atoms with E-state index in [9.17, 15) is 18.0 Å². The molecule has 0 aromatic carbocycles. The van der Waals surface area contributed by atoms with Gasteiger partial charge in [-0.05, 0) is 63.2 Å². The summed E-state index contributed by atoms with van der Waals surface area (Å²) in [7, 11) is 0. The van der Waals surface area contributed by atoms with Crippen LogP contribution in [0, 0.1) is 17.8 Å². The second kappa shape index (κ2) is 8.94. The third kappa shape index (κ3) is 5.86. The van der Waals surface area contributed by atoms with E-state index in [0.29, 0.717) is 25.7 Å². The molecule has 0 aromatic heterocycles. The third-order valence-corrected chi connectivity index (χ3v) is 6.63. The van der Waals surface area contributed by atoms with Crippen molar-refractivity contribution in [1.82, 2.24) is 0 Å². The van der Waals surface area contributed by atoms with Gasteiger partial charge in [-0.15, -0.1) is 13.2 Å². The quantitative estimate of drug-likeness (QED) is 0.585. The summed E-state index contributed by atoms with van der Waals surface area (Å²) in [5, 5.41) is 0. The molecule has 3 fully saturated rings. The van der Waals surface area contributed by atoms with Crippen LogP contribution >= 0.6 is 0 Å². The number of alkyl halides is 3. The molecule has 26 heavy (non-hydrogen) atoms. The van der Waals surface area contributed by atoms with Gasteiger partial charge in [-0.2, -0.15) is 0 Å². The van der Waals surface area contributed by atoms with Crippen molar-refractivity contribution in [2.75, 3.05) is 0 Å². The molecule has 0 saturated heterocycles. The fourth-order valence-corrected chi connectivity index (χ4v) is 5.15. The summed E-state index contributed by atoms with van der Waals surface area (Å²) in [6.45, 7) is 0. The predicted molar refractivity (Wildman–Crippen MR) is 91.3 cm³/mol. The Hall–Kier alpha value is -0.780. The number of carbonyl (C=O) groups is 1. The zero-order valence-electron chi connectivity index (χ0n) is 15.4. The van der Waals surface area contributed by atoms with Crippen molar-refractivity contribution in [2.45, 2.75) is 102 Å². The molecular formula is C20H31F3O3. The first-order valence-corrected chi connectivity index (χ1v) is 10.4. The van der Waals surface area contributed by atoms with Crippen LogP contribution in [0.2, 0.25) is 0 Å². The minimum atomic E-state index is -4.58. The highest BCUT2D eigenvalue weighted by molar-refractivity contribution is 5.72. The van der Waals surface area contributed by atoms with Crippen molar-refractivity contribution in [1.29, 1.82) is 0 Å². The average molecular weight is 376 g/mol. The van der Waals surface area contributed by atoms with Gasteiger partial charge in [0.1, 0.15) is 6.10 Å². The molecular weight excluding hydrogens is 345 g/mol. The summed E-state index contributed by atoms with van der Waals surface area (Å²) < 4.78 is 46.4. The van der Waals surface area contributed by atoms with Crippen molar-refractivity contribution < 1.29 is 27.4 Å². The van der Waals surface area contributed by atoms with Crippen molar-refractivity contribution in [3.8, 4) is 0 Å². The number of esters is 1. The fourth-order valence-electron chi connectivity index (χ4n) is 5.15. The average Bonchev–Trinajstić information content (AvgIpc) is 2.63. The standard InChI is InChI=1S/C20H31F3O3/c21-20(22,23)26-18-12-10-17(11-13-18)25-19(24)16-8-6-15(7-9-16)14-4-2-1-3-5-14/h14-18H,1-13H2. The lowest BCUT2D eigenvalue weighted by Gasteiger charge is -2.36. The van der Waals surface area contributed by atoms with E-state index in [2.05, 4.69) is 4.74 Å². The van der Waals surface area contributed by atoms with E-state index in [1.165, 1.54) is 32.1 Å². The normalized spacial score (nSPS) is 34.4. The molecule has 3 saturated carbocycles. The lowest BCUT2D eigenvalue weighted by Crippen LogP contribution is -2.34. The predicted octanol–water partition coefficient (Wildman–Crippen LogP) is 5.76. The van der Waals surface area contributed by atoms with Crippen LogP contribution in [-0.4, -0.2) is 24.5 Å². The second-order valence-electron chi connectivity index (χ2n) is 8.41. The molecule has 0 bridgehead atoms. The molecule has 3 aliphatic carbocycles. The van der Waals surface area contributed by atoms with Crippen LogP contribution < -0.4 is 0 Å². The van der Waals surface area contributed by atoms with Crippen molar-refractivity contribution in [3.63, 3.8) is 0 Å². The lowest BCUT2D eigenvalue weighted by atomic mass is 9.71. The SMILES string of the molecule is O=C(OC1CCC(OC(F)(F)F)CC1)C1CCC(C2CCCCC2)CC1. The summed E-state index contributed by atoms with van der Waals surface area (Å²) in [4.78, 5) is 12.4. The number of hydrogen-bond donors (Lipinski definition) is 0. The molecule has 0 aromatic rings. The van der Waals surface area contributed by atoms with Crippen LogP contribution in [0.4, 0.5) is 13.2 Å². The molecule has 3 nitrogen and oxygen atoms in total. The Labute approximate surface area is 154 Å². The molecule has 6 heteroatoms. The first-order chi connectivity index (χ1) is 12.4. The number of hydrogen-bond acceptors (Lipinski definition) is 3. The van der Waals surface area contributed by atoms with Gasteiger partial charge >= 0.3 is 12.3 Å². The highest BCUT2D eigenvalue weighted by atomic mass is 19.4. The Balaban J connectivity index is 1.36. The van der Waals surface area contributed by atoms with Gasteiger partial charge in [-0.25, -0.2) is 0 Å². The number of ether oxygens (including phenoxy) is 2. The summed E-state index contributed by atoms with van der Waals surface area (Å²) in [5.41, 5.74) is 0. The Bertz CT molecular complexity index is 444. The van der Waals surface area contributed by atoms with Gasteiger partial charge in [0, 0.05) is 0 Å². The Kier molecular flexibility index (Phi) is 6.87. The summed E-state index contributed by atoms with van der Waals surface area (Å²) >= 11 is 0. The maximum atomic E-state index is 12.4. The monoisotopic (exact) mass is 376 g/mol. The van der Waals surface area contributed by atoms with Gasteiger partial charge in [0.2, 0.25) is 0 Å². The van der Waals surface area contributed by atoms with Crippen molar-refractivity contribution >= 4 is 5.97 Å². The molecule has 0 radical (unpaired) electrons. The van der Waals surface area contributed by atoms with E-state index in [-0.39, 0.29) is 18.0 Å². The van der Waals surface area contributed by atoms with E-state index >= 15 is 0 Å². The maximum absolute atomic E-state index is 12.4. The van der Waals surface area contributed by atoms with E-state index in [1.54, 1.807) is 0 Å². The third-order valence-electron chi connectivity index (χ3n) is 6.63. The van der Waals surface area contributed by atoms with Crippen LogP contribution in [0.5, 0.6) is 0 Å². The van der Waals surface area contributed by atoms with E-state index in [1.807, 2.05) is 0 Å². The maximum Gasteiger partial charge on any atom is 0.522 e. The zero-order valence-corrected chi connectivity index (χ0v) is 15.4. The molecule has 0 spiro atoms. The number of carbonyl (C=O) groups excluding carboxylic acids is 1. The first kappa shape index (κ1) is 20.0. The van der Waals surface area contributed by atoms with Gasteiger partial charge in [-0.3, -0.25) is 9.53 Å². The van der Waals surface area contributed by atoms with Crippen LogP contribution in [0.1, 0.15) is 83.5 Å². The van der Waals surface area contributed by atoms with Gasteiger partial charge in [0.15, 0.2) is 0 Å². The highest BCUT2D eigenvalue weighted by Crippen LogP contribution is 2.40. The van der Waals surface area contributed by atoms with Crippen LogP contribution in [-0.2, 0) is 14.3 Å². The van der Waals surface area contributed by atoms with Gasteiger partial charge in [0.25, 0.3) is 0 Å². The van der Waals surface area contributed by atoms with Crippen molar-refractivity contribution in [3.05, 3.63) is 0 Å². The van der Waals surface area contributed by atoms with Gasteiger partial charge < -0.3 is 4.74 Å². The highest BCUT2D eigenvalue weighted by Gasteiger charge is 2.37. The first-order valence-electron chi connectivity index (χ1n) is 10.4. The fraction of sp³-hybridized carbons (Fsp3) is 0.950. The van der Waals surface area contributed by atoms with Gasteiger partial charge in [0.05, 0.1) is 12.0 Å². The van der Waals surface area contributed by atoms with E-state index < -0.39 is 12.5 Å². The zero-order chi connectivity index (χ0) is 18.6. The molecule has 3 rings (SSSR count). The Morgan fingerprint density at radius 2 is 1.23 bits per heavy atom. The molecule has 0 heterocycles. The van der Waals surface area contributed by atoms with Gasteiger partial charge in [-0.1, -0.05) is 32.1 Å². The molecule has 0 atom stereocenters. The molecule has 0 N–H and O–H groups in total. The summed E-state index contributed by atoms with van der Waals surface area (Å²) in [6, 6.07) is 0. The topological polar surface area (TPSA) is 35.5 Å². The van der Waals surface area contributed by atoms with E-state index in [4.69, 9.17) is 4.74 Å². The van der Waals surface area contributed by atoms with E-state index in [0.717, 1.165) is 37.5 Å².